The molecule has 2 aromatic rings. The summed E-state index contributed by atoms with van der Waals surface area (Å²) in [5.41, 5.74) is 4.01. The zero-order valence-corrected chi connectivity index (χ0v) is 15.8. The van der Waals surface area contributed by atoms with E-state index in [0.717, 1.165) is 22.3 Å². The number of esters is 2. The molecule has 4 nitrogen and oxygen atoms in total. The molecular weight excluding hydrogens is 340 g/mol. The van der Waals surface area contributed by atoms with E-state index in [1.165, 1.54) is 0 Å². The number of allylic oxidation sites excluding steroid dienone is 1. The third-order valence-corrected chi connectivity index (χ3v) is 3.74. The zero-order valence-electron chi connectivity index (χ0n) is 15.8. The second-order valence-corrected chi connectivity index (χ2v) is 6.36. The maximum atomic E-state index is 11.8. The highest BCUT2D eigenvalue weighted by atomic mass is 16.5. The molecule has 4 heteroatoms. The van der Waals surface area contributed by atoms with Gasteiger partial charge in [0.2, 0.25) is 0 Å². The van der Waals surface area contributed by atoms with E-state index in [9.17, 15) is 9.59 Å². The largest absolute Gasteiger partial charge is 0.423 e. The van der Waals surface area contributed by atoms with Crippen LogP contribution in [0.25, 0.3) is 16.7 Å². The average molecular weight is 362 g/mol. The third-order valence-electron chi connectivity index (χ3n) is 3.74. The second-order valence-electron chi connectivity index (χ2n) is 6.36. The van der Waals surface area contributed by atoms with Crippen molar-refractivity contribution in [2.75, 3.05) is 0 Å². The molecule has 0 N–H and O–H groups in total. The molecule has 0 radical (unpaired) electrons. The number of carbonyl (C=O) groups is 2. The summed E-state index contributed by atoms with van der Waals surface area (Å²) in [6, 6.07) is 12.6. The van der Waals surface area contributed by atoms with Crippen molar-refractivity contribution in [3.05, 3.63) is 78.9 Å². The minimum Gasteiger partial charge on any atom is -0.423 e. The molecule has 138 valence electrons. The highest BCUT2D eigenvalue weighted by Crippen LogP contribution is 2.32. The van der Waals surface area contributed by atoms with E-state index in [-0.39, 0.29) is 0 Å². The van der Waals surface area contributed by atoms with Crippen molar-refractivity contribution in [1.82, 2.24) is 0 Å². The van der Waals surface area contributed by atoms with Gasteiger partial charge < -0.3 is 9.47 Å². The number of ether oxygens (including phenoxy) is 2. The number of hydrogen-bond donors (Lipinski definition) is 0. The number of rotatable bonds is 6. The molecule has 0 saturated heterocycles. The van der Waals surface area contributed by atoms with Gasteiger partial charge in [-0.2, -0.15) is 0 Å². The molecule has 0 aromatic heterocycles. The Hall–Kier alpha value is -3.40. The topological polar surface area (TPSA) is 52.6 Å². The summed E-state index contributed by atoms with van der Waals surface area (Å²) < 4.78 is 10.6. The lowest BCUT2D eigenvalue weighted by molar-refractivity contribution is -0.130. The van der Waals surface area contributed by atoms with Crippen LogP contribution in [0.15, 0.2) is 73.3 Å². The summed E-state index contributed by atoms with van der Waals surface area (Å²) in [5, 5.41) is 0. The SMILES string of the molecule is C=C(C)C(=O)Oc1ccc(-c2ccc(OC(=O)C(=C)C)c(C(=C)C)c2)cc1. The Morgan fingerprint density at radius 3 is 1.78 bits per heavy atom. The first kappa shape index (κ1) is 19.9. The summed E-state index contributed by atoms with van der Waals surface area (Å²) in [4.78, 5) is 23.4. The van der Waals surface area contributed by atoms with Crippen molar-refractivity contribution in [1.29, 1.82) is 0 Å². The molecule has 0 heterocycles. The van der Waals surface area contributed by atoms with Gasteiger partial charge in [0.25, 0.3) is 0 Å². The lowest BCUT2D eigenvalue weighted by atomic mass is 9.99. The molecule has 0 saturated carbocycles. The second kappa shape index (κ2) is 8.32. The molecule has 2 rings (SSSR count). The maximum absolute atomic E-state index is 11.8. The van der Waals surface area contributed by atoms with Crippen molar-refractivity contribution in [2.45, 2.75) is 20.8 Å². The van der Waals surface area contributed by atoms with Crippen molar-refractivity contribution >= 4 is 17.5 Å². The number of benzene rings is 2. The fourth-order valence-electron chi connectivity index (χ4n) is 2.23. The zero-order chi connectivity index (χ0) is 20.1. The van der Waals surface area contributed by atoms with E-state index in [1.807, 2.05) is 31.2 Å². The Kier molecular flexibility index (Phi) is 6.14. The normalized spacial score (nSPS) is 10.0. The Balaban J connectivity index is 2.31. The van der Waals surface area contributed by atoms with Crippen molar-refractivity contribution in [3.8, 4) is 22.6 Å². The first-order chi connectivity index (χ1) is 12.7. The average Bonchev–Trinajstić information content (AvgIpc) is 2.62. The molecule has 27 heavy (non-hydrogen) atoms. The van der Waals surface area contributed by atoms with Crippen LogP contribution < -0.4 is 9.47 Å². The number of carbonyl (C=O) groups excluding carboxylic acids is 2. The Labute approximate surface area is 159 Å². The van der Waals surface area contributed by atoms with Gasteiger partial charge in [0.1, 0.15) is 11.5 Å². The highest BCUT2D eigenvalue weighted by Gasteiger charge is 2.12. The van der Waals surface area contributed by atoms with Gasteiger partial charge in [0.05, 0.1) is 0 Å². The quantitative estimate of drug-likeness (QED) is 0.395. The number of hydrogen-bond acceptors (Lipinski definition) is 4. The molecule has 0 unspecified atom stereocenters. The molecule has 0 spiro atoms. The minimum atomic E-state index is -0.478. The van der Waals surface area contributed by atoms with Crippen LogP contribution >= 0.6 is 0 Å². The van der Waals surface area contributed by atoms with Crippen molar-refractivity contribution in [2.24, 2.45) is 0 Å². The smallest absolute Gasteiger partial charge is 0.338 e. The van der Waals surface area contributed by atoms with Gasteiger partial charge >= 0.3 is 11.9 Å². The minimum absolute atomic E-state index is 0.326. The molecule has 0 aliphatic carbocycles. The van der Waals surface area contributed by atoms with Gasteiger partial charge in [-0.3, -0.25) is 0 Å². The van der Waals surface area contributed by atoms with E-state index in [2.05, 4.69) is 19.7 Å². The Morgan fingerprint density at radius 2 is 1.26 bits per heavy atom. The van der Waals surface area contributed by atoms with Crippen LogP contribution in [0.4, 0.5) is 0 Å². The predicted molar refractivity (Wildman–Crippen MR) is 107 cm³/mol. The van der Waals surface area contributed by atoms with Gasteiger partial charge in [-0.25, -0.2) is 9.59 Å². The molecule has 0 aliphatic heterocycles. The van der Waals surface area contributed by atoms with Crippen LogP contribution in [0.5, 0.6) is 11.5 Å². The maximum Gasteiger partial charge on any atom is 0.338 e. The van der Waals surface area contributed by atoms with E-state index in [4.69, 9.17) is 9.47 Å². The summed E-state index contributed by atoms with van der Waals surface area (Å²) in [5.74, 6) is -0.0601. The van der Waals surface area contributed by atoms with Crippen molar-refractivity contribution in [3.63, 3.8) is 0 Å². The summed E-state index contributed by atoms with van der Waals surface area (Å²) >= 11 is 0. The van der Waals surface area contributed by atoms with Crippen LogP contribution in [-0.2, 0) is 9.59 Å². The third kappa shape index (κ3) is 5.05. The van der Waals surface area contributed by atoms with Crippen molar-refractivity contribution < 1.29 is 19.1 Å². The first-order valence-corrected chi connectivity index (χ1v) is 8.34. The van der Waals surface area contributed by atoms with Crippen LogP contribution in [0.1, 0.15) is 26.3 Å². The molecule has 0 amide bonds. The van der Waals surface area contributed by atoms with E-state index in [0.29, 0.717) is 22.6 Å². The summed E-state index contributed by atoms with van der Waals surface area (Å²) in [6.07, 6.45) is 0. The lowest BCUT2D eigenvalue weighted by Crippen LogP contribution is -2.09. The van der Waals surface area contributed by atoms with Crippen LogP contribution in [0, 0.1) is 0 Å². The first-order valence-electron chi connectivity index (χ1n) is 8.34. The van der Waals surface area contributed by atoms with Gasteiger partial charge in [0, 0.05) is 16.7 Å². The van der Waals surface area contributed by atoms with E-state index < -0.39 is 11.9 Å². The Bertz CT molecular complexity index is 933. The van der Waals surface area contributed by atoms with Crippen LogP contribution in [-0.4, -0.2) is 11.9 Å². The van der Waals surface area contributed by atoms with Crippen LogP contribution in [0.2, 0.25) is 0 Å². The summed E-state index contributed by atoms with van der Waals surface area (Å²) in [6.45, 7) is 16.1. The van der Waals surface area contributed by atoms with Gasteiger partial charge in [0.15, 0.2) is 0 Å². The highest BCUT2D eigenvalue weighted by molar-refractivity contribution is 5.90. The predicted octanol–water partition coefficient (Wildman–Crippen LogP) is 5.35. The molecule has 0 atom stereocenters. The standard InChI is InChI=1S/C23H22O4/c1-14(2)20-13-18(9-12-21(20)27-23(25)16(5)6)17-7-10-19(11-8-17)26-22(24)15(3)4/h7-13H,1,3,5H2,2,4,6H3. The van der Waals surface area contributed by atoms with E-state index >= 15 is 0 Å². The monoisotopic (exact) mass is 362 g/mol. The van der Waals surface area contributed by atoms with Gasteiger partial charge in [-0.05, 0) is 61.7 Å². The summed E-state index contributed by atoms with van der Waals surface area (Å²) in [7, 11) is 0. The lowest BCUT2D eigenvalue weighted by Gasteiger charge is -2.12. The molecule has 0 aliphatic rings. The van der Waals surface area contributed by atoms with Crippen LogP contribution in [0.3, 0.4) is 0 Å². The fraction of sp³-hybridized carbons (Fsp3) is 0.130. The van der Waals surface area contributed by atoms with Gasteiger partial charge in [-0.1, -0.05) is 37.9 Å². The fourth-order valence-corrected chi connectivity index (χ4v) is 2.23. The molecule has 2 aromatic carbocycles. The molecule has 0 bridgehead atoms. The molecule has 0 fully saturated rings. The molecular formula is C23H22O4. The Morgan fingerprint density at radius 1 is 0.741 bits per heavy atom. The van der Waals surface area contributed by atoms with Gasteiger partial charge in [-0.15, -0.1) is 0 Å². The van der Waals surface area contributed by atoms with E-state index in [1.54, 1.807) is 32.0 Å².